The number of nitrogens with zero attached hydrogens (tertiary/aromatic N) is 3. The first-order valence-electron chi connectivity index (χ1n) is 6.84. The summed E-state index contributed by atoms with van der Waals surface area (Å²) in [6.45, 7) is 3.54. The Morgan fingerprint density at radius 2 is 2.20 bits per heavy atom. The van der Waals surface area contributed by atoms with Crippen molar-refractivity contribution in [2.75, 3.05) is 13.2 Å². The minimum absolute atomic E-state index is 0.0521. The van der Waals surface area contributed by atoms with E-state index in [-0.39, 0.29) is 11.3 Å². The van der Waals surface area contributed by atoms with Crippen molar-refractivity contribution in [3.05, 3.63) is 32.1 Å². The van der Waals surface area contributed by atoms with E-state index in [1.165, 1.54) is 9.13 Å². The van der Waals surface area contributed by atoms with Gasteiger partial charge in [-0.3, -0.25) is 13.9 Å². The fraction of sp³-hybridized carbons (Fsp3) is 0.643. The number of hydrogen-bond donors (Lipinski definition) is 0. The van der Waals surface area contributed by atoms with Crippen LogP contribution >= 0.6 is 0 Å². The summed E-state index contributed by atoms with van der Waals surface area (Å²) in [5.74, 6) is 0.524. The maximum atomic E-state index is 12.1. The van der Waals surface area contributed by atoms with Crippen LogP contribution in [-0.4, -0.2) is 22.3 Å². The summed E-state index contributed by atoms with van der Waals surface area (Å²) in [6.07, 6.45) is 2.73. The van der Waals surface area contributed by atoms with E-state index >= 15 is 0 Å². The highest BCUT2D eigenvalue weighted by atomic mass is 16.5. The molecule has 1 aromatic heterocycles. The zero-order valence-corrected chi connectivity index (χ0v) is 11.9. The lowest BCUT2D eigenvalue weighted by Gasteiger charge is -2.12. The minimum atomic E-state index is -0.476. The van der Waals surface area contributed by atoms with Crippen molar-refractivity contribution in [2.24, 2.45) is 13.0 Å². The Morgan fingerprint density at radius 3 is 2.80 bits per heavy atom. The molecular formula is C14H19N3O3. The van der Waals surface area contributed by atoms with Gasteiger partial charge < -0.3 is 4.74 Å². The van der Waals surface area contributed by atoms with Crippen molar-refractivity contribution in [2.45, 2.75) is 32.7 Å². The normalized spacial score (nSPS) is 18.1. The van der Waals surface area contributed by atoms with Crippen molar-refractivity contribution >= 4 is 0 Å². The number of nitriles is 1. The smallest absolute Gasteiger partial charge is 0.330 e. The Labute approximate surface area is 117 Å². The summed E-state index contributed by atoms with van der Waals surface area (Å²) in [5, 5.41) is 9.04. The summed E-state index contributed by atoms with van der Waals surface area (Å²) in [5.41, 5.74) is -0.357. The summed E-state index contributed by atoms with van der Waals surface area (Å²) in [7, 11) is 1.58. The summed E-state index contributed by atoms with van der Waals surface area (Å²) >= 11 is 0. The van der Waals surface area contributed by atoms with Crippen LogP contribution in [0.15, 0.2) is 9.59 Å². The van der Waals surface area contributed by atoms with E-state index in [0.717, 1.165) is 32.5 Å². The summed E-state index contributed by atoms with van der Waals surface area (Å²) in [6, 6.07) is 1.89. The molecule has 1 aromatic rings. The van der Waals surface area contributed by atoms with Crippen molar-refractivity contribution in [1.82, 2.24) is 9.13 Å². The molecule has 0 saturated carbocycles. The number of hydrogen-bond acceptors (Lipinski definition) is 4. The standard InChI is InChI=1S/C14H19N3O3/c1-10-12(8-15)13(18)17(14(19)16(10)2)6-3-4-11-5-7-20-9-11/h11H,3-7,9H2,1-2H3. The molecule has 0 bridgehead atoms. The Balaban J connectivity index is 2.19. The zero-order valence-electron chi connectivity index (χ0n) is 11.9. The molecule has 1 saturated heterocycles. The van der Waals surface area contributed by atoms with Gasteiger partial charge in [-0.2, -0.15) is 5.26 Å². The van der Waals surface area contributed by atoms with Crippen LogP contribution in [0.25, 0.3) is 0 Å². The average Bonchev–Trinajstić information content (AvgIpc) is 2.94. The van der Waals surface area contributed by atoms with Crippen LogP contribution in [0.1, 0.15) is 30.5 Å². The second-order valence-corrected chi connectivity index (χ2v) is 5.24. The van der Waals surface area contributed by atoms with Gasteiger partial charge in [-0.25, -0.2) is 4.79 Å². The zero-order chi connectivity index (χ0) is 14.7. The van der Waals surface area contributed by atoms with Gasteiger partial charge in [-0.05, 0) is 32.1 Å². The highest BCUT2D eigenvalue weighted by Crippen LogP contribution is 2.17. The first-order valence-corrected chi connectivity index (χ1v) is 6.84. The Bertz CT molecular complexity index is 645. The third kappa shape index (κ3) is 2.68. The molecule has 0 spiro atoms. The lowest BCUT2D eigenvalue weighted by molar-refractivity contribution is 0.183. The molecule has 1 unspecified atom stereocenters. The van der Waals surface area contributed by atoms with Crippen molar-refractivity contribution in [3.63, 3.8) is 0 Å². The molecule has 1 fully saturated rings. The van der Waals surface area contributed by atoms with E-state index in [1.807, 2.05) is 6.07 Å². The van der Waals surface area contributed by atoms with Crippen LogP contribution < -0.4 is 11.2 Å². The predicted octanol–water partition coefficient (Wildman–Crippen LogP) is 0.544. The molecule has 2 rings (SSSR count). The van der Waals surface area contributed by atoms with E-state index in [2.05, 4.69) is 0 Å². The average molecular weight is 277 g/mol. The number of ether oxygens (including phenoxy) is 1. The largest absolute Gasteiger partial charge is 0.381 e. The first kappa shape index (κ1) is 14.5. The van der Waals surface area contributed by atoms with Crippen LogP contribution in [0.3, 0.4) is 0 Å². The van der Waals surface area contributed by atoms with Gasteiger partial charge in [0.15, 0.2) is 0 Å². The van der Waals surface area contributed by atoms with Crippen molar-refractivity contribution in [1.29, 1.82) is 5.26 Å². The van der Waals surface area contributed by atoms with Crippen molar-refractivity contribution < 1.29 is 4.74 Å². The highest BCUT2D eigenvalue weighted by Gasteiger charge is 2.17. The van der Waals surface area contributed by atoms with E-state index in [4.69, 9.17) is 10.00 Å². The van der Waals surface area contributed by atoms with Crippen LogP contribution in [0, 0.1) is 24.2 Å². The molecule has 20 heavy (non-hydrogen) atoms. The molecule has 6 nitrogen and oxygen atoms in total. The molecule has 108 valence electrons. The highest BCUT2D eigenvalue weighted by molar-refractivity contribution is 5.30. The topological polar surface area (TPSA) is 77.0 Å². The van der Waals surface area contributed by atoms with Gasteiger partial charge in [0.2, 0.25) is 0 Å². The SMILES string of the molecule is Cc1c(C#N)c(=O)n(CCCC2CCOC2)c(=O)n1C. The van der Waals surface area contributed by atoms with Crippen LogP contribution in [0.2, 0.25) is 0 Å². The van der Waals surface area contributed by atoms with Gasteiger partial charge >= 0.3 is 5.69 Å². The summed E-state index contributed by atoms with van der Waals surface area (Å²) < 4.78 is 7.83. The van der Waals surface area contributed by atoms with Crippen LogP contribution in [-0.2, 0) is 18.3 Å². The van der Waals surface area contributed by atoms with Gasteiger partial charge in [-0.15, -0.1) is 0 Å². The van der Waals surface area contributed by atoms with Gasteiger partial charge in [-0.1, -0.05) is 0 Å². The molecule has 6 heteroatoms. The molecule has 0 aliphatic carbocycles. The van der Waals surface area contributed by atoms with E-state index in [9.17, 15) is 9.59 Å². The molecule has 1 atom stereocenters. The minimum Gasteiger partial charge on any atom is -0.381 e. The molecule has 0 aromatic carbocycles. The fourth-order valence-corrected chi connectivity index (χ4v) is 2.54. The third-order valence-electron chi connectivity index (χ3n) is 3.97. The Hall–Kier alpha value is -1.87. The predicted molar refractivity (Wildman–Crippen MR) is 73.6 cm³/mol. The maximum Gasteiger partial charge on any atom is 0.330 e. The van der Waals surface area contributed by atoms with Gasteiger partial charge in [0.1, 0.15) is 11.6 Å². The molecule has 0 amide bonds. The molecular weight excluding hydrogens is 258 g/mol. The van der Waals surface area contributed by atoms with Gasteiger partial charge in [0, 0.05) is 32.5 Å². The van der Waals surface area contributed by atoms with Crippen molar-refractivity contribution in [3.8, 4) is 6.07 Å². The molecule has 1 aliphatic rings. The van der Waals surface area contributed by atoms with Gasteiger partial charge in [0.25, 0.3) is 5.56 Å². The quantitative estimate of drug-likeness (QED) is 0.805. The molecule has 0 N–H and O–H groups in total. The second kappa shape index (κ2) is 6.06. The summed E-state index contributed by atoms with van der Waals surface area (Å²) in [4.78, 5) is 24.2. The lowest BCUT2D eigenvalue weighted by Crippen LogP contribution is -2.41. The second-order valence-electron chi connectivity index (χ2n) is 5.24. The molecule has 1 aliphatic heterocycles. The maximum absolute atomic E-state index is 12.1. The number of rotatable bonds is 4. The van der Waals surface area contributed by atoms with Crippen LogP contribution in [0.5, 0.6) is 0 Å². The third-order valence-corrected chi connectivity index (χ3v) is 3.97. The fourth-order valence-electron chi connectivity index (χ4n) is 2.54. The Kier molecular flexibility index (Phi) is 4.40. The molecule has 2 heterocycles. The van der Waals surface area contributed by atoms with E-state index < -0.39 is 5.56 Å². The van der Waals surface area contributed by atoms with E-state index in [1.54, 1.807) is 14.0 Å². The van der Waals surface area contributed by atoms with Crippen LogP contribution in [0.4, 0.5) is 0 Å². The Morgan fingerprint density at radius 1 is 1.45 bits per heavy atom. The van der Waals surface area contributed by atoms with Gasteiger partial charge in [0.05, 0.1) is 0 Å². The molecule has 0 radical (unpaired) electrons. The monoisotopic (exact) mass is 277 g/mol. The number of aromatic nitrogens is 2. The van der Waals surface area contributed by atoms with E-state index in [0.29, 0.717) is 18.2 Å². The first-order chi connectivity index (χ1) is 9.56. The lowest BCUT2D eigenvalue weighted by atomic mass is 10.0.